The zero-order chi connectivity index (χ0) is 13.8. The van der Waals surface area contributed by atoms with E-state index in [2.05, 4.69) is 13.0 Å². The van der Waals surface area contributed by atoms with Gasteiger partial charge in [0.15, 0.2) is 12.6 Å². The van der Waals surface area contributed by atoms with Crippen molar-refractivity contribution in [1.82, 2.24) is 0 Å². The summed E-state index contributed by atoms with van der Waals surface area (Å²) in [6, 6.07) is 0. The van der Waals surface area contributed by atoms with Gasteiger partial charge in [-0.3, -0.25) is 0 Å². The van der Waals surface area contributed by atoms with E-state index in [1.165, 1.54) is 5.57 Å². The highest BCUT2D eigenvalue weighted by Crippen LogP contribution is 2.26. The van der Waals surface area contributed by atoms with Crippen molar-refractivity contribution in [3.8, 4) is 0 Å². The second-order valence-corrected chi connectivity index (χ2v) is 5.57. The zero-order valence-electron chi connectivity index (χ0n) is 12.4. The highest BCUT2D eigenvalue weighted by molar-refractivity contribution is 5.08. The van der Waals surface area contributed by atoms with Crippen LogP contribution in [-0.4, -0.2) is 37.5 Å². The van der Waals surface area contributed by atoms with E-state index in [0.29, 0.717) is 6.61 Å². The van der Waals surface area contributed by atoms with Gasteiger partial charge in [-0.25, -0.2) is 0 Å². The zero-order valence-corrected chi connectivity index (χ0v) is 12.4. The van der Waals surface area contributed by atoms with Crippen molar-refractivity contribution in [3.05, 3.63) is 11.6 Å². The Morgan fingerprint density at radius 3 is 2.74 bits per heavy atom. The summed E-state index contributed by atoms with van der Waals surface area (Å²) in [7, 11) is 0. The maximum atomic E-state index is 5.97. The maximum Gasteiger partial charge on any atom is 0.177 e. The summed E-state index contributed by atoms with van der Waals surface area (Å²) in [5.74, 6) is 0. The second-order valence-electron chi connectivity index (χ2n) is 5.57. The smallest absolute Gasteiger partial charge is 0.177 e. The van der Waals surface area contributed by atoms with Crippen LogP contribution < -0.4 is 0 Å². The first kappa shape index (κ1) is 15.0. The fourth-order valence-electron chi connectivity index (χ4n) is 2.46. The van der Waals surface area contributed by atoms with Crippen LogP contribution in [0.1, 0.15) is 47.0 Å². The van der Waals surface area contributed by atoms with Gasteiger partial charge in [0.25, 0.3) is 0 Å². The van der Waals surface area contributed by atoms with Crippen molar-refractivity contribution in [2.75, 3.05) is 6.61 Å². The Kier molecular flexibility index (Phi) is 5.39. The fraction of sp³-hybridized carbons (Fsp3) is 0.867. The molecule has 4 heteroatoms. The predicted octanol–water partition coefficient (Wildman–Crippen LogP) is 3.01. The average Bonchev–Trinajstić information content (AvgIpc) is 2.80. The molecular formula is C15H26O4. The van der Waals surface area contributed by atoms with Gasteiger partial charge in [0.05, 0.1) is 24.9 Å². The normalized spacial score (nSPS) is 35.7. The quantitative estimate of drug-likeness (QED) is 0.720. The monoisotopic (exact) mass is 270 g/mol. The first-order valence-corrected chi connectivity index (χ1v) is 7.36. The predicted molar refractivity (Wildman–Crippen MR) is 72.8 cm³/mol. The van der Waals surface area contributed by atoms with Gasteiger partial charge in [-0.15, -0.1) is 0 Å². The third-order valence-electron chi connectivity index (χ3n) is 3.57. The highest BCUT2D eigenvalue weighted by Gasteiger charge is 2.32. The fourth-order valence-corrected chi connectivity index (χ4v) is 2.46. The lowest BCUT2D eigenvalue weighted by atomic mass is 10.1. The van der Waals surface area contributed by atoms with Gasteiger partial charge in [0.2, 0.25) is 0 Å². The maximum absolute atomic E-state index is 5.97. The molecule has 0 N–H and O–H groups in total. The van der Waals surface area contributed by atoms with E-state index in [0.717, 1.165) is 19.3 Å². The van der Waals surface area contributed by atoms with E-state index in [1.807, 2.05) is 20.8 Å². The summed E-state index contributed by atoms with van der Waals surface area (Å²) in [5.41, 5.74) is 1.32. The van der Waals surface area contributed by atoms with Gasteiger partial charge in [-0.1, -0.05) is 6.92 Å². The van der Waals surface area contributed by atoms with Gasteiger partial charge < -0.3 is 18.9 Å². The summed E-state index contributed by atoms with van der Waals surface area (Å²) in [6.07, 6.45) is 4.98. The SMILES string of the molecule is CCC1=C[C@@H](O[C@@H]2CC[C@H](OC(C)C)O[C@H]2C)OC1. The van der Waals surface area contributed by atoms with Crippen LogP contribution in [0.2, 0.25) is 0 Å². The minimum atomic E-state index is -0.200. The molecule has 0 aromatic heterocycles. The summed E-state index contributed by atoms with van der Waals surface area (Å²) in [4.78, 5) is 0. The molecule has 0 amide bonds. The number of hydrogen-bond donors (Lipinski definition) is 0. The first-order valence-electron chi connectivity index (χ1n) is 7.36. The molecule has 0 aromatic rings. The summed E-state index contributed by atoms with van der Waals surface area (Å²) < 4.78 is 23.1. The Morgan fingerprint density at radius 2 is 2.16 bits per heavy atom. The molecule has 2 heterocycles. The summed E-state index contributed by atoms with van der Waals surface area (Å²) in [5, 5.41) is 0. The third kappa shape index (κ3) is 4.28. The minimum absolute atomic E-state index is 0.0418. The molecule has 110 valence electrons. The Bertz CT molecular complexity index is 313. The van der Waals surface area contributed by atoms with Crippen LogP contribution >= 0.6 is 0 Å². The highest BCUT2D eigenvalue weighted by atomic mass is 16.7. The standard InChI is InChI=1S/C15H26O4/c1-5-12-8-15(16-9-12)19-13-6-7-14(17-10(2)3)18-11(13)4/h8,10-11,13-15H,5-7,9H2,1-4H3/t11-,13+,14+,15+/m0/s1. The molecule has 0 bridgehead atoms. The van der Waals surface area contributed by atoms with Crippen LogP contribution in [0.5, 0.6) is 0 Å². The van der Waals surface area contributed by atoms with Gasteiger partial charge in [0, 0.05) is 6.42 Å². The van der Waals surface area contributed by atoms with Crippen LogP contribution in [0.25, 0.3) is 0 Å². The van der Waals surface area contributed by atoms with E-state index in [-0.39, 0.29) is 30.9 Å². The van der Waals surface area contributed by atoms with Crippen LogP contribution in [0, 0.1) is 0 Å². The first-order chi connectivity index (χ1) is 9.08. The van der Waals surface area contributed by atoms with Gasteiger partial charge in [-0.2, -0.15) is 0 Å². The third-order valence-corrected chi connectivity index (χ3v) is 3.57. The van der Waals surface area contributed by atoms with E-state index in [9.17, 15) is 0 Å². The largest absolute Gasteiger partial charge is 0.350 e. The van der Waals surface area contributed by atoms with Crippen LogP contribution in [0.3, 0.4) is 0 Å². The molecule has 0 unspecified atom stereocenters. The molecule has 2 aliphatic heterocycles. The Balaban J connectivity index is 1.79. The number of rotatable bonds is 5. The molecule has 2 rings (SSSR count). The van der Waals surface area contributed by atoms with E-state index in [1.54, 1.807) is 0 Å². The molecule has 4 nitrogen and oxygen atoms in total. The van der Waals surface area contributed by atoms with Crippen molar-refractivity contribution in [2.24, 2.45) is 0 Å². The molecule has 4 atom stereocenters. The molecule has 1 saturated heterocycles. The van der Waals surface area contributed by atoms with Crippen molar-refractivity contribution in [2.45, 2.75) is 77.8 Å². The molecule has 0 aliphatic carbocycles. The summed E-state index contributed by atoms with van der Waals surface area (Å²) >= 11 is 0. The Labute approximate surface area is 116 Å². The van der Waals surface area contributed by atoms with Crippen LogP contribution in [0.15, 0.2) is 11.6 Å². The van der Waals surface area contributed by atoms with Crippen molar-refractivity contribution >= 4 is 0 Å². The van der Waals surface area contributed by atoms with E-state index < -0.39 is 0 Å². The Morgan fingerprint density at radius 1 is 1.37 bits per heavy atom. The van der Waals surface area contributed by atoms with Crippen molar-refractivity contribution in [3.63, 3.8) is 0 Å². The molecule has 0 saturated carbocycles. The molecule has 1 fully saturated rings. The number of hydrogen-bond acceptors (Lipinski definition) is 4. The van der Waals surface area contributed by atoms with Gasteiger partial charge in [-0.05, 0) is 45.3 Å². The van der Waals surface area contributed by atoms with Crippen LogP contribution in [0.4, 0.5) is 0 Å². The van der Waals surface area contributed by atoms with Crippen molar-refractivity contribution in [1.29, 1.82) is 0 Å². The molecule has 0 spiro atoms. The minimum Gasteiger partial charge on any atom is -0.350 e. The molecule has 19 heavy (non-hydrogen) atoms. The second kappa shape index (κ2) is 6.84. The number of ether oxygens (including phenoxy) is 4. The molecule has 0 aromatic carbocycles. The van der Waals surface area contributed by atoms with Gasteiger partial charge >= 0.3 is 0 Å². The van der Waals surface area contributed by atoms with Crippen LogP contribution in [-0.2, 0) is 18.9 Å². The van der Waals surface area contributed by atoms with E-state index in [4.69, 9.17) is 18.9 Å². The lowest BCUT2D eigenvalue weighted by Crippen LogP contribution is -2.42. The molecule has 2 aliphatic rings. The molecular weight excluding hydrogens is 244 g/mol. The molecule has 0 radical (unpaired) electrons. The Hall–Kier alpha value is -0.420. The van der Waals surface area contributed by atoms with Crippen molar-refractivity contribution < 1.29 is 18.9 Å². The van der Waals surface area contributed by atoms with Gasteiger partial charge in [0.1, 0.15) is 0 Å². The summed E-state index contributed by atoms with van der Waals surface area (Å²) in [6.45, 7) is 8.93. The average molecular weight is 270 g/mol. The lowest BCUT2D eigenvalue weighted by Gasteiger charge is -2.35. The topological polar surface area (TPSA) is 36.9 Å². The van der Waals surface area contributed by atoms with E-state index >= 15 is 0 Å². The lowest BCUT2D eigenvalue weighted by molar-refractivity contribution is -0.255.